The van der Waals surface area contributed by atoms with Crippen LogP contribution in [0.2, 0.25) is 5.02 Å². The lowest BCUT2D eigenvalue weighted by Gasteiger charge is -2.18. The molecule has 1 N–H and O–H groups in total. The highest BCUT2D eigenvalue weighted by Gasteiger charge is 2.14. The monoisotopic (exact) mass is 319 g/mol. The number of halogens is 2. The summed E-state index contributed by atoms with van der Waals surface area (Å²) in [5, 5.41) is 3.28. The van der Waals surface area contributed by atoms with Gasteiger partial charge in [0.2, 0.25) is 5.91 Å². The SMILES string of the molecule is CC[C@@H](NC(=O)Cc1ccc(Cl)cc1F)c1ccc(C)cc1. The van der Waals surface area contributed by atoms with Crippen LogP contribution in [0, 0.1) is 12.7 Å². The van der Waals surface area contributed by atoms with Crippen LogP contribution in [0.4, 0.5) is 4.39 Å². The zero-order valence-electron chi connectivity index (χ0n) is 12.7. The van der Waals surface area contributed by atoms with Crippen LogP contribution in [0.15, 0.2) is 42.5 Å². The van der Waals surface area contributed by atoms with E-state index < -0.39 is 5.82 Å². The Balaban J connectivity index is 2.04. The number of amides is 1. The number of carbonyl (C=O) groups is 1. The van der Waals surface area contributed by atoms with Crippen LogP contribution < -0.4 is 5.32 Å². The van der Waals surface area contributed by atoms with Gasteiger partial charge in [-0.1, -0.05) is 54.4 Å². The van der Waals surface area contributed by atoms with Crippen molar-refractivity contribution in [1.29, 1.82) is 0 Å². The lowest BCUT2D eigenvalue weighted by molar-refractivity contribution is -0.121. The summed E-state index contributed by atoms with van der Waals surface area (Å²) in [5.74, 6) is -0.653. The fraction of sp³-hybridized carbons (Fsp3) is 0.278. The fourth-order valence-corrected chi connectivity index (χ4v) is 2.46. The molecule has 0 aliphatic carbocycles. The maximum atomic E-state index is 13.7. The molecule has 22 heavy (non-hydrogen) atoms. The topological polar surface area (TPSA) is 29.1 Å². The second-order valence-corrected chi connectivity index (χ2v) is 5.79. The average Bonchev–Trinajstić information content (AvgIpc) is 2.49. The van der Waals surface area contributed by atoms with E-state index >= 15 is 0 Å². The summed E-state index contributed by atoms with van der Waals surface area (Å²) in [6.45, 7) is 4.03. The molecule has 2 rings (SSSR count). The van der Waals surface area contributed by atoms with Gasteiger partial charge in [-0.05, 0) is 36.6 Å². The highest BCUT2D eigenvalue weighted by molar-refractivity contribution is 6.30. The van der Waals surface area contributed by atoms with E-state index in [1.807, 2.05) is 38.1 Å². The lowest BCUT2D eigenvalue weighted by atomic mass is 10.0. The Bertz CT molecular complexity index is 655. The average molecular weight is 320 g/mol. The van der Waals surface area contributed by atoms with Gasteiger partial charge in [0, 0.05) is 5.02 Å². The number of hydrogen-bond acceptors (Lipinski definition) is 1. The second-order valence-electron chi connectivity index (χ2n) is 5.35. The summed E-state index contributed by atoms with van der Waals surface area (Å²) in [7, 11) is 0. The van der Waals surface area contributed by atoms with Gasteiger partial charge in [0.15, 0.2) is 0 Å². The van der Waals surface area contributed by atoms with Crippen LogP contribution in [0.5, 0.6) is 0 Å². The summed E-state index contributed by atoms with van der Waals surface area (Å²) in [4.78, 5) is 12.1. The van der Waals surface area contributed by atoms with Crippen LogP contribution in [0.1, 0.15) is 36.1 Å². The molecule has 0 aromatic heterocycles. The lowest BCUT2D eigenvalue weighted by Crippen LogP contribution is -2.29. The van der Waals surface area contributed by atoms with Gasteiger partial charge in [-0.15, -0.1) is 0 Å². The minimum absolute atomic E-state index is 0.00532. The minimum Gasteiger partial charge on any atom is -0.349 e. The van der Waals surface area contributed by atoms with Gasteiger partial charge in [0.05, 0.1) is 12.5 Å². The Morgan fingerprint density at radius 3 is 2.50 bits per heavy atom. The van der Waals surface area contributed by atoms with Gasteiger partial charge in [-0.25, -0.2) is 4.39 Å². The zero-order valence-corrected chi connectivity index (χ0v) is 13.5. The number of carbonyl (C=O) groups excluding carboxylic acids is 1. The van der Waals surface area contributed by atoms with Gasteiger partial charge in [0.1, 0.15) is 5.82 Å². The van der Waals surface area contributed by atoms with Gasteiger partial charge >= 0.3 is 0 Å². The molecule has 2 aromatic carbocycles. The maximum Gasteiger partial charge on any atom is 0.225 e. The first-order chi connectivity index (χ1) is 10.5. The molecule has 0 aliphatic heterocycles. The molecule has 0 aliphatic rings. The van der Waals surface area contributed by atoms with E-state index in [0.29, 0.717) is 10.6 Å². The number of benzene rings is 2. The zero-order chi connectivity index (χ0) is 16.1. The standard InChI is InChI=1S/C18H19ClFNO/c1-3-17(13-6-4-12(2)5-7-13)21-18(22)10-14-8-9-15(19)11-16(14)20/h4-9,11,17H,3,10H2,1-2H3,(H,21,22)/t17-/m1/s1. The summed E-state index contributed by atoms with van der Waals surface area (Å²) in [6, 6.07) is 12.3. The van der Waals surface area contributed by atoms with Gasteiger partial charge in [-0.2, -0.15) is 0 Å². The van der Waals surface area contributed by atoms with Crippen LogP contribution in [0.3, 0.4) is 0 Å². The molecule has 4 heteroatoms. The Hall–Kier alpha value is -1.87. The molecular weight excluding hydrogens is 301 g/mol. The fourth-order valence-electron chi connectivity index (χ4n) is 2.30. The summed E-state index contributed by atoms with van der Waals surface area (Å²) in [5.41, 5.74) is 2.58. The number of rotatable bonds is 5. The molecule has 2 nitrogen and oxygen atoms in total. The van der Waals surface area contributed by atoms with Crippen LogP contribution in [-0.4, -0.2) is 5.91 Å². The van der Waals surface area contributed by atoms with Crippen molar-refractivity contribution in [3.05, 3.63) is 70.0 Å². The summed E-state index contributed by atoms with van der Waals surface area (Å²) in [6.07, 6.45) is 0.781. The Morgan fingerprint density at radius 2 is 1.91 bits per heavy atom. The first kappa shape index (κ1) is 16.5. The first-order valence-corrected chi connectivity index (χ1v) is 7.67. The van der Waals surface area contributed by atoms with E-state index in [1.165, 1.54) is 11.6 Å². The Kier molecular flexibility index (Phi) is 5.56. The normalized spacial score (nSPS) is 12.0. The maximum absolute atomic E-state index is 13.7. The van der Waals surface area contributed by atoms with E-state index in [-0.39, 0.29) is 18.4 Å². The van der Waals surface area contributed by atoms with Crippen molar-refractivity contribution < 1.29 is 9.18 Å². The largest absolute Gasteiger partial charge is 0.349 e. The van der Waals surface area contributed by atoms with E-state index in [4.69, 9.17) is 11.6 Å². The number of nitrogens with one attached hydrogen (secondary N) is 1. The van der Waals surface area contributed by atoms with Gasteiger partial charge in [0.25, 0.3) is 0 Å². The summed E-state index contributed by atoms with van der Waals surface area (Å²) >= 11 is 5.71. The van der Waals surface area contributed by atoms with E-state index in [1.54, 1.807) is 12.1 Å². The third kappa shape index (κ3) is 4.31. The molecule has 0 saturated carbocycles. The molecule has 0 fully saturated rings. The number of aryl methyl sites for hydroxylation is 1. The Morgan fingerprint density at radius 1 is 1.23 bits per heavy atom. The third-order valence-corrected chi connectivity index (χ3v) is 3.82. The molecule has 0 saturated heterocycles. The predicted octanol–water partition coefficient (Wildman–Crippen LogP) is 4.60. The minimum atomic E-state index is -0.453. The van der Waals surface area contributed by atoms with Crippen LogP contribution in [-0.2, 0) is 11.2 Å². The highest BCUT2D eigenvalue weighted by Crippen LogP contribution is 2.19. The van der Waals surface area contributed by atoms with Gasteiger partial charge < -0.3 is 5.32 Å². The highest BCUT2D eigenvalue weighted by atomic mass is 35.5. The molecule has 0 unspecified atom stereocenters. The van der Waals surface area contributed by atoms with Crippen molar-refractivity contribution >= 4 is 17.5 Å². The molecule has 2 aromatic rings. The van der Waals surface area contributed by atoms with Crippen molar-refractivity contribution in [3.63, 3.8) is 0 Å². The quantitative estimate of drug-likeness (QED) is 0.857. The first-order valence-electron chi connectivity index (χ1n) is 7.29. The van der Waals surface area contributed by atoms with E-state index in [9.17, 15) is 9.18 Å². The molecule has 0 bridgehead atoms. The summed E-state index contributed by atoms with van der Waals surface area (Å²) < 4.78 is 13.7. The van der Waals surface area contributed by atoms with E-state index in [2.05, 4.69) is 5.32 Å². The molecule has 1 atom stereocenters. The predicted molar refractivity (Wildman–Crippen MR) is 87.5 cm³/mol. The Labute approximate surface area is 135 Å². The molecule has 0 heterocycles. The number of hydrogen-bond donors (Lipinski definition) is 1. The van der Waals surface area contributed by atoms with Crippen molar-refractivity contribution in [1.82, 2.24) is 5.32 Å². The van der Waals surface area contributed by atoms with Crippen molar-refractivity contribution in [2.75, 3.05) is 0 Å². The van der Waals surface area contributed by atoms with Crippen LogP contribution in [0.25, 0.3) is 0 Å². The van der Waals surface area contributed by atoms with E-state index in [0.717, 1.165) is 12.0 Å². The molecule has 116 valence electrons. The molecular formula is C18H19ClFNO. The molecule has 1 amide bonds. The van der Waals surface area contributed by atoms with Crippen molar-refractivity contribution in [2.45, 2.75) is 32.7 Å². The van der Waals surface area contributed by atoms with Crippen LogP contribution >= 0.6 is 11.6 Å². The second kappa shape index (κ2) is 7.41. The smallest absolute Gasteiger partial charge is 0.225 e. The van der Waals surface area contributed by atoms with Crippen molar-refractivity contribution in [2.24, 2.45) is 0 Å². The molecule has 0 spiro atoms. The molecule has 0 radical (unpaired) electrons. The van der Waals surface area contributed by atoms with Gasteiger partial charge in [-0.3, -0.25) is 4.79 Å². The third-order valence-electron chi connectivity index (χ3n) is 3.59. The van der Waals surface area contributed by atoms with Crippen molar-refractivity contribution in [3.8, 4) is 0 Å².